The van der Waals surface area contributed by atoms with Gasteiger partial charge in [0.1, 0.15) is 0 Å². The number of piperidine rings is 1. The fraction of sp³-hybridized carbons (Fsp3) is 0.857. The summed E-state index contributed by atoms with van der Waals surface area (Å²) >= 11 is 3.99. The maximum absolute atomic E-state index is 5.46. The van der Waals surface area contributed by atoms with E-state index in [-0.39, 0.29) is 0 Å². The summed E-state index contributed by atoms with van der Waals surface area (Å²) in [5.74, 6) is 5.00. The topological polar surface area (TPSA) is 51.0 Å². The Hall–Kier alpha value is -0.200. The Balaban J connectivity index is 1.53. The van der Waals surface area contributed by atoms with Crippen molar-refractivity contribution in [1.29, 1.82) is 0 Å². The molecule has 0 aromatic carbocycles. The molecule has 0 radical (unpaired) electrons. The van der Waals surface area contributed by atoms with E-state index in [0.29, 0.717) is 10.5 Å². The average Bonchev–Trinajstić information content (AvgIpc) is 2.95. The molecule has 2 aliphatic heterocycles. The van der Waals surface area contributed by atoms with Crippen LogP contribution in [0.25, 0.3) is 0 Å². The summed E-state index contributed by atoms with van der Waals surface area (Å²) in [6, 6.07) is 0. The van der Waals surface area contributed by atoms with E-state index < -0.39 is 0 Å². The van der Waals surface area contributed by atoms with E-state index in [9.17, 15) is 0 Å². The Morgan fingerprint density at radius 1 is 1.25 bits per heavy atom. The van der Waals surface area contributed by atoms with Gasteiger partial charge in [0.05, 0.1) is 5.25 Å². The first-order valence-corrected chi connectivity index (χ1v) is 9.69. The molecule has 0 saturated carbocycles. The van der Waals surface area contributed by atoms with Gasteiger partial charge < -0.3 is 9.84 Å². The summed E-state index contributed by atoms with van der Waals surface area (Å²) < 4.78 is 5.46. The number of rotatable bonds is 4. The van der Waals surface area contributed by atoms with Crippen LogP contribution in [0.5, 0.6) is 0 Å². The van der Waals surface area contributed by atoms with Gasteiger partial charge in [-0.25, -0.2) is 0 Å². The lowest BCUT2D eigenvalue weighted by molar-refractivity contribution is 0.323. The highest BCUT2D eigenvalue weighted by molar-refractivity contribution is 8.06. The number of aryl methyl sites for hydroxylation is 1. The monoisotopic (exact) mass is 313 g/mol. The van der Waals surface area contributed by atoms with Crippen LogP contribution in [0.3, 0.4) is 0 Å². The molecule has 2 unspecified atom stereocenters. The molecular formula is C14H23N3OS2. The summed E-state index contributed by atoms with van der Waals surface area (Å²) in [7, 11) is 0. The summed E-state index contributed by atoms with van der Waals surface area (Å²) in [4.78, 5) is 4.64. The summed E-state index contributed by atoms with van der Waals surface area (Å²) in [5.41, 5.74) is 0. The molecule has 1 N–H and O–H groups in total. The van der Waals surface area contributed by atoms with Gasteiger partial charge >= 0.3 is 0 Å². The molecule has 2 fully saturated rings. The van der Waals surface area contributed by atoms with Crippen LogP contribution >= 0.6 is 23.5 Å². The Labute approximate surface area is 129 Å². The number of nitrogens with zero attached hydrogens (tertiary/aromatic N) is 2. The first kappa shape index (κ1) is 14.7. The molecule has 112 valence electrons. The zero-order valence-electron chi connectivity index (χ0n) is 12.0. The van der Waals surface area contributed by atoms with Gasteiger partial charge in [-0.15, -0.1) is 11.8 Å². The van der Waals surface area contributed by atoms with Crippen LogP contribution < -0.4 is 5.32 Å². The van der Waals surface area contributed by atoms with Crippen LogP contribution in [0, 0.1) is 5.92 Å². The Kier molecular flexibility index (Phi) is 5.29. The molecule has 0 bridgehead atoms. The smallest absolute Gasteiger partial charge is 0.226 e. The van der Waals surface area contributed by atoms with Crippen molar-refractivity contribution in [1.82, 2.24) is 15.5 Å². The van der Waals surface area contributed by atoms with Crippen LogP contribution in [-0.2, 0) is 6.42 Å². The molecule has 2 saturated heterocycles. The lowest BCUT2D eigenvalue weighted by Gasteiger charge is -2.24. The highest BCUT2D eigenvalue weighted by Gasteiger charge is 2.28. The van der Waals surface area contributed by atoms with Gasteiger partial charge in [0.2, 0.25) is 5.89 Å². The number of thioether (sulfide) groups is 2. The lowest BCUT2D eigenvalue weighted by atomic mass is 9.93. The third-order valence-electron chi connectivity index (χ3n) is 4.15. The number of nitrogens with one attached hydrogen (secondary N) is 1. The van der Waals surface area contributed by atoms with E-state index in [2.05, 4.69) is 22.4 Å². The molecule has 0 amide bonds. The number of aromatic nitrogens is 2. The fourth-order valence-corrected chi connectivity index (χ4v) is 5.58. The fourth-order valence-electron chi connectivity index (χ4n) is 2.90. The normalized spacial score (nSPS) is 28.6. The molecule has 3 heterocycles. The minimum absolute atomic E-state index is 0.408. The van der Waals surface area contributed by atoms with Crippen LogP contribution in [0.15, 0.2) is 4.52 Å². The SMILES string of the molecule is CC1SCCSC1c1noc(CCC2CCNCC2)n1. The van der Waals surface area contributed by atoms with Gasteiger partial charge in [0.25, 0.3) is 0 Å². The average molecular weight is 313 g/mol. The van der Waals surface area contributed by atoms with E-state index in [0.717, 1.165) is 37.1 Å². The standard InChI is InChI=1S/C14H23N3OS2/c1-10-13(20-9-8-19-10)14-16-12(18-17-14)3-2-11-4-6-15-7-5-11/h10-11,13,15H,2-9H2,1H3. The highest BCUT2D eigenvalue weighted by atomic mass is 32.2. The summed E-state index contributed by atoms with van der Waals surface area (Å²) in [6.45, 7) is 4.59. The van der Waals surface area contributed by atoms with Crippen molar-refractivity contribution in [3.8, 4) is 0 Å². The van der Waals surface area contributed by atoms with Crippen LogP contribution in [0.1, 0.15) is 43.2 Å². The van der Waals surface area contributed by atoms with Crippen molar-refractivity contribution in [2.45, 2.75) is 43.1 Å². The van der Waals surface area contributed by atoms with Crippen molar-refractivity contribution in [2.75, 3.05) is 24.6 Å². The minimum Gasteiger partial charge on any atom is -0.339 e. The minimum atomic E-state index is 0.408. The largest absolute Gasteiger partial charge is 0.339 e. The number of hydrogen-bond acceptors (Lipinski definition) is 6. The van der Waals surface area contributed by atoms with Gasteiger partial charge in [-0.1, -0.05) is 12.1 Å². The predicted octanol–water partition coefficient (Wildman–Crippen LogP) is 2.91. The predicted molar refractivity (Wildman–Crippen MR) is 85.3 cm³/mol. The lowest BCUT2D eigenvalue weighted by Crippen LogP contribution is -2.27. The van der Waals surface area contributed by atoms with Crippen LogP contribution in [0.4, 0.5) is 0 Å². The van der Waals surface area contributed by atoms with Crippen molar-refractivity contribution in [2.24, 2.45) is 5.92 Å². The molecule has 4 nitrogen and oxygen atoms in total. The first-order chi connectivity index (χ1) is 9.83. The highest BCUT2D eigenvalue weighted by Crippen LogP contribution is 2.41. The van der Waals surface area contributed by atoms with Gasteiger partial charge in [-0.2, -0.15) is 16.7 Å². The molecule has 2 atom stereocenters. The molecule has 6 heteroatoms. The zero-order chi connectivity index (χ0) is 13.8. The summed E-state index contributed by atoms with van der Waals surface area (Å²) in [5, 5.41) is 8.62. The quantitative estimate of drug-likeness (QED) is 0.922. The first-order valence-electron chi connectivity index (χ1n) is 7.59. The molecule has 0 spiro atoms. The second-order valence-corrected chi connectivity index (χ2v) is 8.38. The van der Waals surface area contributed by atoms with E-state index in [1.54, 1.807) is 0 Å². The molecule has 1 aromatic rings. The number of hydrogen-bond donors (Lipinski definition) is 1. The van der Waals surface area contributed by atoms with E-state index in [1.807, 2.05) is 23.5 Å². The van der Waals surface area contributed by atoms with Gasteiger partial charge in [-0.3, -0.25) is 0 Å². The second kappa shape index (κ2) is 7.18. The van der Waals surface area contributed by atoms with E-state index in [4.69, 9.17) is 4.52 Å². The van der Waals surface area contributed by atoms with Crippen LogP contribution in [0.2, 0.25) is 0 Å². The second-order valence-electron chi connectivity index (χ2n) is 5.65. The van der Waals surface area contributed by atoms with E-state index in [1.165, 1.54) is 30.8 Å². The Bertz CT molecular complexity index is 420. The van der Waals surface area contributed by atoms with Gasteiger partial charge in [-0.05, 0) is 38.3 Å². The van der Waals surface area contributed by atoms with Crippen LogP contribution in [-0.4, -0.2) is 40.0 Å². The maximum atomic E-state index is 5.46. The van der Waals surface area contributed by atoms with Gasteiger partial charge in [0, 0.05) is 23.2 Å². The van der Waals surface area contributed by atoms with Crippen molar-refractivity contribution < 1.29 is 4.52 Å². The van der Waals surface area contributed by atoms with Gasteiger partial charge in [0.15, 0.2) is 5.82 Å². The Morgan fingerprint density at radius 2 is 2.05 bits per heavy atom. The zero-order valence-corrected chi connectivity index (χ0v) is 13.6. The maximum Gasteiger partial charge on any atom is 0.226 e. The molecule has 0 aliphatic carbocycles. The molecular weight excluding hydrogens is 290 g/mol. The van der Waals surface area contributed by atoms with E-state index >= 15 is 0 Å². The Morgan fingerprint density at radius 3 is 2.85 bits per heavy atom. The van der Waals surface area contributed by atoms with Crippen molar-refractivity contribution in [3.63, 3.8) is 0 Å². The van der Waals surface area contributed by atoms with Crippen molar-refractivity contribution >= 4 is 23.5 Å². The summed E-state index contributed by atoms with van der Waals surface area (Å²) in [6.07, 6.45) is 4.70. The molecule has 3 rings (SSSR count). The third kappa shape index (κ3) is 3.71. The molecule has 1 aromatic heterocycles. The molecule has 2 aliphatic rings. The molecule has 20 heavy (non-hydrogen) atoms. The third-order valence-corrected chi connectivity index (χ3v) is 7.24. The van der Waals surface area contributed by atoms with Crippen molar-refractivity contribution in [3.05, 3.63) is 11.7 Å².